The number of nitrogens with one attached hydrogen (secondary N) is 3. The summed E-state index contributed by atoms with van der Waals surface area (Å²) in [7, 11) is 0. The molecule has 4 N–H and O–H groups in total. The van der Waals surface area contributed by atoms with Gasteiger partial charge in [0.15, 0.2) is 0 Å². The number of aromatic amines is 1. The number of piperazine rings is 1. The maximum atomic E-state index is 12.6. The van der Waals surface area contributed by atoms with E-state index in [2.05, 4.69) is 10.3 Å². The standard InChI is InChI=1S/C21H20N4O4/c26-19-11-23-21(28)18(9-15-10-22-17-4-2-1-3-16(15)17)25(19)12-13-5-7-14(8-6-13)20(27)24-29/h1-8,10,18,22,29H,9,11-12H2,(H,23,28)(H,24,27). The lowest BCUT2D eigenvalue weighted by Crippen LogP contribution is -2.58. The largest absolute Gasteiger partial charge is 0.361 e. The molecule has 4 rings (SSSR count). The third-order valence-electron chi connectivity index (χ3n) is 5.17. The molecule has 2 heterocycles. The molecule has 1 saturated heterocycles. The van der Waals surface area contributed by atoms with Crippen LogP contribution in [-0.4, -0.2) is 45.4 Å². The Morgan fingerprint density at radius 2 is 1.90 bits per heavy atom. The van der Waals surface area contributed by atoms with Gasteiger partial charge in [0.25, 0.3) is 5.91 Å². The van der Waals surface area contributed by atoms with E-state index in [0.717, 1.165) is 22.0 Å². The Bertz CT molecular complexity index is 1070. The average molecular weight is 392 g/mol. The van der Waals surface area contributed by atoms with Gasteiger partial charge in [0, 0.05) is 35.6 Å². The van der Waals surface area contributed by atoms with Crippen molar-refractivity contribution in [3.8, 4) is 0 Å². The van der Waals surface area contributed by atoms with Crippen molar-refractivity contribution in [1.82, 2.24) is 20.7 Å². The lowest BCUT2D eigenvalue weighted by atomic mass is 10.0. The molecule has 1 atom stereocenters. The van der Waals surface area contributed by atoms with E-state index in [0.29, 0.717) is 12.0 Å². The highest BCUT2D eigenvalue weighted by Gasteiger charge is 2.34. The number of hydrogen-bond acceptors (Lipinski definition) is 4. The highest BCUT2D eigenvalue weighted by molar-refractivity contribution is 5.96. The van der Waals surface area contributed by atoms with Crippen LogP contribution in [0.1, 0.15) is 21.5 Å². The van der Waals surface area contributed by atoms with Crippen LogP contribution < -0.4 is 10.8 Å². The maximum Gasteiger partial charge on any atom is 0.274 e. The van der Waals surface area contributed by atoms with Gasteiger partial charge in [-0.25, -0.2) is 5.48 Å². The van der Waals surface area contributed by atoms with Crippen LogP contribution in [0, 0.1) is 0 Å². The molecule has 1 aliphatic heterocycles. The highest BCUT2D eigenvalue weighted by Crippen LogP contribution is 2.23. The number of nitrogens with zero attached hydrogens (tertiary/aromatic N) is 1. The third kappa shape index (κ3) is 3.70. The van der Waals surface area contributed by atoms with E-state index in [-0.39, 0.29) is 24.9 Å². The van der Waals surface area contributed by atoms with Crippen molar-refractivity contribution in [2.45, 2.75) is 19.0 Å². The minimum Gasteiger partial charge on any atom is -0.361 e. The predicted molar refractivity (Wildman–Crippen MR) is 105 cm³/mol. The summed E-state index contributed by atoms with van der Waals surface area (Å²) < 4.78 is 0. The second kappa shape index (κ2) is 7.76. The molecule has 0 bridgehead atoms. The maximum absolute atomic E-state index is 12.6. The number of amides is 3. The van der Waals surface area contributed by atoms with Crippen molar-refractivity contribution < 1.29 is 19.6 Å². The van der Waals surface area contributed by atoms with Gasteiger partial charge in [-0.3, -0.25) is 19.6 Å². The monoisotopic (exact) mass is 392 g/mol. The molecule has 3 aromatic rings. The van der Waals surface area contributed by atoms with Gasteiger partial charge in [0.1, 0.15) is 6.04 Å². The normalized spacial score (nSPS) is 16.7. The number of para-hydroxylation sites is 1. The summed E-state index contributed by atoms with van der Waals surface area (Å²) in [6.07, 6.45) is 2.27. The van der Waals surface area contributed by atoms with E-state index in [1.165, 1.54) is 0 Å². The van der Waals surface area contributed by atoms with Crippen LogP contribution in [0.15, 0.2) is 54.7 Å². The molecular formula is C21H20N4O4. The molecule has 1 unspecified atom stereocenters. The first kappa shape index (κ1) is 18.7. The molecule has 1 fully saturated rings. The quantitative estimate of drug-likeness (QED) is 0.388. The van der Waals surface area contributed by atoms with Crippen molar-refractivity contribution in [1.29, 1.82) is 0 Å². The molecule has 8 nitrogen and oxygen atoms in total. The molecule has 2 aromatic carbocycles. The fraction of sp³-hybridized carbons (Fsp3) is 0.190. The minimum atomic E-state index is -0.629. The van der Waals surface area contributed by atoms with Crippen molar-refractivity contribution in [3.05, 3.63) is 71.4 Å². The average Bonchev–Trinajstić information content (AvgIpc) is 3.16. The molecule has 3 amide bonds. The second-order valence-electron chi connectivity index (χ2n) is 6.96. The second-order valence-corrected chi connectivity index (χ2v) is 6.96. The molecule has 1 aromatic heterocycles. The molecule has 8 heteroatoms. The van der Waals surface area contributed by atoms with E-state index in [1.807, 2.05) is 30.5 Å². The predicted octanol–water partition coefficient (Wildman–Crippen LogP) is 1.36. The van der Waals surface area contributed by atoms with Crippen LogP contribution in [-0.2, 0) is 22.6 Å². The molecule has 0 spiro atoms. The SMILES string of the molecule is O=C(NO)c1ccc(CN2C(=O)CNC(=O)C2Cc2c[nH]c3ccccc23)cc1. The van der Waals surface area contributed by atoms with Crippen molar-refractivity contribution in [3.63, 3.8) is 0 Å². The third-order valence-corrected chi connectivity index (χ3v) is 5.17. The zero-order valence-electron chi connectivity index (χ0n) is 15.5. The van der Waals surface area contributed by atoms with Gasteiger partial charge in [-0.1, -0.05) is 30.3 Å². The Morgan fingerprint density at radius 1 is 1.14 bits per heavy atom. The van der Waals surface area contributed by atoms with Crippen LogP contribution in [0.4, 0.5) is 0 Å². The zero-order chi connectivity index (χ0) is 20.4. The van der Waals surface area contributed by atoms with Gasteiger partial charge in [-0.2, -0.15) is 0 Å². The topological polar surface area (TPSA) is 115 Å². The Labute approximate surface area is 166 Å². The van der Waals surface area contributed by atoms with E-state index >= 15 is 0 Å². The van der Waals surface area contributed by atoms with Crippen LogP contribution in [0.5, 0.6) is 0 Å². The van der Waals surface area contributed by atoms with Gasteiger partial charge < -0.3 is 15.2 Å². The molecule has 148 valence electrons. The summed E-state index contributed by atoms with van der Waals surface area (Å²) in [5, 5.41) is 12.4. The molecule has 0 saturated carbocycles. The Hall–Kier alpha value is -3.65. The fourth-order valence-corrected chi connectivity index (χ4v) is 3.63. The number of hydroxylamine groups is 1. The van der Waals surface area contributed by atoms with E-state index in [9.17, 15) is 14.4 Å². The lowest BCUT2D eigenvalue weighted by Gasteiger charge is -2.35. The highest BCUT2D eigenvalue weighted by atomic mass is 16.5. The molecular weight excluding hydrogens is 372 g/mol. The number of H-pyrrole nitrogens is 1. The first-order valence-corrected chi connectivity index (χ1v) is 9.22. The number of carbonyl (C=O) groups excluding carboxylic acids is 3. The van der Waals surface area contributed by atoms with E-state index in [4.69, 9.17) is 5.21 Å². The molecule has 1 aliphatic rings. The van der Waals surface area contributed by atoms with Crippen molar-refractivity contribution >= 4 is 28.6 Å². The summed E-state index contributed by atoms with van der Waals surface area (Å²) in [5.41, 5.74) is 4.61. The first-order valence-electron chi connectivity index (χ1n) is 9.22. The van der Waals surface area contributed by atoms with Crippen LogP contribution >= 0.6 is 0 Å². The lowest BCUT2D eigenvalue weighted by molar-refractivity contribution is -0.146. The molecule has 0 radical (unpaired) electrons. The Balaban J connectivity index is 1.58. The molecule has 0 aliphatic carbocycles. The van der Waals surface area contributed by atoms with Crippen LogP contribution in [0.2, 0.25) is 0 Å². The zero-order valence-corrected chi connectivity index (χ0v) is 15.5. The van der Waals surface area contributed by atoms with Gasteiger partial charge in [-0.15, -0.1) is 0 Å². The minimum absolute atomic E-state index is 0.0335. The fourth-order valence-electron chi connectivity index (χ4n) is 3.63. The van der Waals surface area contributed by atoms with Gasteiger partial charge in [0.2, 0.25) is 11.8 Å². The molecule has 29 heavy (non-hydrogen) atoms. The Morgan fingerprint density at radius 3 is 2.66 bits per heavy atom. The Kier molecular flexibility index (Phi) is 5.01. The number of rotatable bonds is 5. The number of benzene rings is 2. The number of aromatic nitrogens is 1. The number of hydrogen-bond donors (Lipinski definition) is 4. The summed E-state index contributed by atoms with van der Waals surface area (Å²) in [6, 6.07) is 13.7. The summed E-state index contributed by atoms with van der Waals surface area (Å²) in [5.74, 6) is -0.958. The smallest absolute Gasteiger partial charge is 0.274 e. The van der Waals surface area contributed by atoms with Gasteiger partial charge in [0.05, 0.1) is 6.54 Å². The number of fused-ring (bicyclic) bond motifs is 1. The van der Waals surface area contributed by atoms with Crippen LogP contribution in [0.25, 0.3) is 10.9 Å². The summed E-state index contributed by atoms with van der Waals surface area (Å²) in [4.78, 5) is 41.4. The summed E-state index contributed by atoms with van der Waals surface area (Å²) >= 11 is 0. The van der Waals surface area contributed by atoms with Gasteiger partial charge >= 0.3 is 0 Å². The van der Waals surface area contributed by atoms with Crippen molar-refractivity contribution in [2.75, 3.05) is 6.54 Å². The first-order chi connectivity index (χ1) is 14.1. The summed E-state index contributed by atoms with van der Waals surface area (Å²) in [6.45, 7) is 0.217. The van der Waals surface area contributed by atoms with Crippen LogP contribution in [0.3, 0.4) is 0 Å². The number of carbonyl (C=O) groups is 3. The van der Waals surface area contributed by atoms with Gasteiger partial charge in [-0.05, 0) is 29.3 Å². The van der Waals surface area contributed by atoms with E-state index in [1.54, 1.807) is 34.6 Å². The van der Waals surface area contributed by atoms with E-state index < -0.39 is 11.9 Å². The van der Waals surface area contributed by atoms with Crippen molar-refractivity contribution in [2.24, 2.45) is 0 Å².